The summed E-state index contributed by atoms with van der Waals surface area (Å²) in [5.74, 6) is 5.34. The number of amidine groups is 2. The van der Waals surface area contributed by atoms with Crippen LogP contribution in [0.25, 0.3) is 0 Å². The first-order chi connectivity index (χ1) is 14.8. The summed E-state index contributed by atoms with van der Waals surface area (Å²) in [5.41, 5.74) is 0. The first kappa shape index (κ1) is 26.5. The van der Waals surface area contributed by atoms with Gasteiger partial charge in [0.1, 0.15) is 17.8 Å². The second kappa shape index (κ2) is 15.3. The Morgan fingerprint density at radius 3 is 1.74 bits per heavy atom. The van der Waals surface area contributed by atoms with Gasteiger partial charge in [-0.2, -0.15) is 0 Å². The van der Waals surface area contributed by atoms with Gasteiger partial charge in [0.15, 0.2) is 0 Å². The van der Waals surface area contributed by atoms with E-state index in [2.05, 4.69) is 9.98 Å². The molecule has 0 radical (unpaired) electrons. The Balaban J connectivity index is 2.58. The Kier molecular flexibility index (Phi) is 13.1. The highest BCUT2D eigenvalue weighted by molar-refractivity contribution is 5.98. The number of hydrogen-bond acceptors (Lipinski definition) is 7. The topological polar surface area (TPSA) is 166 Å². The van der Waals surface area contributed by atoms with Gasteiger partial charge in [-0.3, -0.25) is 19.4 Å². The Morgan fingerprint density at radius 1 is 0.742 bits per heavy atom. The van der Waals surface area contributed by atoms with Gasteiger partial charge in [-0.25, -0.2) is 15.8 Å². The monoisotopic (exact) mass is 440 g/mol. The van der Waals surface area contributed by atoms with E-state index >= 15 is 0 Å². The number of carboxylic acid groups (broad SMARTS) is 3. The Morgan fingerprint density at radius 2 is 1.23 bits per heavy atom. The van der Waals surface area contributed by atoms with Crippen LogP contribution in [0.2, 0.25) is 0 Å². The minimum absolute atomic E-state index is 0.154. The van der Waals surface area contributed by atoms with Gasteiger partial charge in [0, 0.05) is 32.1 Å². The quantitative estimate of drug-likeness (QED) is 0.186. The Labute approximate surface area is 183 Å². The predicted octanol–water partition coefficient (Wildman–Crippen LogP) is 3.40. The van der Waals surface area contributed by atoms with E-state index in [0.717, 1.165) is 44.4 Å². The van der Waals surface area contributed by atoms with Crippen LogP contribution in [0.15, 0.2) is 9.98 Å². The largest absolute Gasteiger partial charge is 0.481 e. The van der Waals surface area contributed by atoms with E-state index in [9.17, 15) is 14.4 Å². The van der Waals surface area contributed by atoms with Gasteiger partial charge in [0.05, 0.1) is 0 Å². The lowest BCUT2D eigenvalue weighted by atomic mass is 10.1. The minimum Gasteiger partial charge on any atom is -0.481 e. The van der Waals surface area contributed by atoms with E-state index in [1.165, 1.54) is 0 Å². The van der Waals surface area contributed by atoms with E-state index in [0.29, 0.717) is 44.4 Å². The molecule has 5 N–H and O–H groups in total. The van der Waals surface area contributed by atoms with Crippen LogP contribution in [0, 0.1) is 0 Å². The molecule has 0 saturated heterocycles. The molecule has 0 aromatic carbocycles. The number of hydrazine groups is 1. The van der Waals surface area contributed by atoms with E-state index in [-0.39, 0.29) is 25.4 Å². The molecule has 0 aliphatic carbocycles. The van der Waals surface area contributed by atoms with Crippen molar-refractivity contribution < 1.29 is 29.7 Å². The third-order valence-corrected chi connectivity index (χ3v) is 5.11. The molecule has 1 aliphatic heterocycles. The van der Waals surface area contributed by atoms with Gasteiger partial charge in [0.25, 0.3) is 0 Å². The molecular weight excluding hydrogens is 404 g/mol. The summed E-state index contributed by atoms with van der Waals surface area (Å²) in [6.45, 7) is 0. The summed E-state index contributed by atoms with van der Waals surface area (Å²) in [4.78, 5) is 41.2. The zero-order valence-electron chi connectivity index (χ0n) is 18.2. The normalized spacial score (nSPS) is 16.0. The fraction of sp³-hybridized carbons (Fsp3) is 0.762. The fourth-order valence-electron chi connectivity index (χ4n) is 3.40. The van der Waals surface area contributed by atoms with Crippen molar-refractivity contribution in [3.63, 3.8) is 0 Å². The van der Waals surface area contributed by atoms with Crippen LogP contribution in [0.1, 0.15) is 96.3 Å². The number of carboxylic acids is 3. The van der Waals surface area contributed by atoms with Crippen molar-refractivity contribution in [2.75, 3.05) is 0 Å². The van der Waals surface area contributed by atoms with Gasteiger partial charge in [-0.05, 0) is 44.9 Å². The number of carbonyl (C=O) groups is 3. The van der Waals surface area contributed by atoms with E-state index in [1.807, 2.05) is 0 Å². The van der Waals surface area contributed by atoms with E-state index in [1.54, 1.807) is 5.01 Å². The molecule has 0 aromatic rings. The van der Waals surface area contributed by atoms with Crippen molar-refractivity contribution in [1.82, 2.24) is 5.01 Å². The zero-order chi connectivity index (χ0) is 23.1. The van der Waals surface area contributed by atoms with Crippen LogP contribution < -0.4 is 5.84 Å². The molecule has 0 fully saturated rings. The number of unbranched alkanes of at least 4 members (excludes halogenated alkanes) is 6. The third kappa shape index (κ3) is 12.7. The molecule has 1 aliphatic rings. The first-order valence-corrected chi connectivity index (χ1v) is 11.1. The highest BCUT2D eigenvalue weighted by Gasteiger charge is 2.23. The fourth-order valence-corrected chi connectivity index (χ4v) is 3.40. The average Bonchev–Trinajstić information content (AvgIpc) is 2.69. The highest BCUT2D eigenvalue weighted by atomic mass is 16.4. The number of nitrogens with two attached hydrogens (primary N) is 1. The lowest BCUT2D eigenvalue weighted by Crippen LogP contribution is -2.47. The Bertz CT molecular complexity index is 650. The lowest BCUT2D eigenvalue weighted by Gasteiger charge is -2.31. The average molecular weight is 441 g/mol. The van der Waals surface area contributed by atoms with Gasteiger partial charge in [-0.15, -0.1) is 0 Å². The maximum Gasteiger partial charge on any atom is 0.303 e. The molecule has 176 valence electrons. The molecule has 1 atom stereocenters. The first-order valence-electron chi connectivity index (χ1n) is 11.1. The van der Waals surface area contributed by atoms with E-state index in [4.69, 9.17) is 21.2 Å². The van der Waals surface area contributed by atoms with Gasteiger partial charge in [0.2, 0.25) is 0 Å². The van der Waals surface area contributed by atoms with Crippen molar-refractivity contribution in [3.05, 3.63) is 0 Å². The van der Waals surface area contributed by atoms with Crippen molar-refractivity contribution in [1.29, 1.82) is 0 Å². The van der Waals surface area contributed by atoms with E-state index < -0.39 is 17.9 Å². The van der Waals surface area contributed by atoms with Crippen molar-refractivity contribution >= 4 is 29.6 Å². The molecule has 10 nitrogen and oxygen atoms in total. The number of aliphatic imine (C=N–C) groups is 2. The molecule has 31 heavy (non-hydrogen) atoms. The van der Waals surface area contributed by atoms with Gasteiger partial charge >= 0.3 is 17.9 Å². The molecule has 0 saturated carbocycles. The molecule has 0 aromatic heterocycles. The summed E-state index contributed by atoms with van der Waals surface area (Å²) in [5, 5.41) is 27.8. The van der Waals surface area contributed by atoms with Crippen LogP contribution >= 0.6 is 0 Å². The van der Waals surface area contributed by atoms with Gasteiger partial charge in [-0.1, -0.05) is 19.3 Å². The molecule has 10 heteroatoms. The van der Waals surface area contributed by atoms with Crippen LogP contribution in [0.4, 0.5) is 0 Å². The second-order valence-corrected chi connectivity index (χ2v) is 7.86. The molecule has 1 unspecified atom stereocenters. The number of rotatable bonds is 18. The second-order valence-electron chi connectivity index (χ2n) is 7.86. The predicted molar refractivity (Wildman–Crippen MR) is 117 cm³/mol. The van der Waals surface area contributed by atoms with Crippen molar-refractivity contribution in [2.45, 2.75) is 102 Å². The lowest BCUT2D eigenvalue weighted by molar-refractivity contribution is -0.138. The third-order valence-electron chi connectivity index (χ3n) is 5.11. The maximum atomic E-state index is 10.6. The number of nitrogens with zero attached hydrogens (tertiary/aromatic N) is 3. The molecule has 0 spiro atoms. The standard InChI is InChI=1S/C21H36N4O6/c22-25-17(11-5-2-8-14-20(28)29)23-16(10-4-1-7-13-19(26)27)24-18(25)12-6-3-9-15-21(30)31/h17H,1-15,22H2,(H,26,27)(H,28,29)(H,30,31). The molecule has 0 bridgehead atoms. The smallest absolute Gasteiger partial charge is 0.303 e. The summed E-state index contributed by atoms with van der Waals surface area (Å²) in [6.07, 6.45) is 8.86. The van der Waals surface area contributed by atoms with Gasteiger partial charge < -0.3 is 15.3 Å². The van der Waals surface area contributed by atoms with Crippen LogP contribution in [0.5, 0.6) is 0 Å². The molecule has 1 heterocycles. The SMILES string of the molecule is NN1C(CCCCCC(=O)O)=NC(CCCCCC(=O)O)=NC1CCCCCC(=O)O. The van der Waals surface area contributed by atoms with Crippen molar-refractivity contribution in [2.24, 2.45) is 15.8 Å². The van der Waals surface area contributed by atoms with Crippen LogP contribution in [-0.2, 0) is 14.4 Å². The zero-order valence-corrected chi connectivity index (χ0v) is 18.2. The Hall–Kier alpha value is -2.49. The minimum atomic E-state index is -0.796. The summed E-state index contributed by atoms with van der Waals surface area (Å²) in [7, 11) is 0. The summed E-state index contributed by atoms with van der Waals surface area (Å²) in [6, 6.07) is 0. The van der Waals surface area contributed by atoms with Crippen LogP contribution in [-0.4, -0.2) is 56.1 Å². The number of aliphatic carboxylic acids is 3. The summed E-state index contributed by atoms with van der Waals surface area (Å²) >= 11 is 0. The maximum absolute atomic E-state index is 10.6. The van der Waals surface area contributed by atoms with Crippen molar-refractivity contribution in [3.8, 4) is 0 Å². The number of hydrogen-bond donors (Lipinski definition) is 4. The molecular formula is C21H36N4O6. The highest BCUT2D eigenvalue weighted by Crippen LogP contribution is 2.19. The molecule has 1 rings (SSSR count). The summed E-state index contributed by atoms with van der Waals surface area (Å²) < 4.78 is 0. The molecule has 0 amide bonds. The van der Waals surface area contributed by atoms with Crippen LogP contribution in [0.3, 0.4) is 0 Å².